The van der Waals surface area contributed by atoms with Gasteiger partial charge in [-0.15, -0.1) is 0 Å². The van der Waals surface area contributed by atoms with E-state index in [2.05, 4.69) is 20.3 Å². The standard InChI is InChI=1S/C14H25N5O/c1-3-12-16-13(18-15)10(2)14(17-12)19(8-9-20)11-6-4-5-7-11/h11,20H,3-9,15H2,1-2H3,(H,16,17,18). The lowest BCUT2D eigenvalue weighted by Crippen LogP contribution is -2.37. The summed E-state index contributed by atoms with van der Waals surface area (Å²) in [6.45, 7) is 4.74. The second-order valence-electron chi connectivity index (χ2n) is 5.29. The van der Waals surface area contributed by atoms with E-state index in [1.165, 1.54) is 12.8 Å². The van der Waals surface area contributed by atoms with Crippen LogP contribution in [0.3, 0.4) is 0 Å². The maximum absolute atomic E-state index is 9.38. The van der Waals surface area contributed by atoms with Gasteiger partial charge in [0.05, 0.1) is 6.61 Å². The number of nitrogens with zero attached hydrogens (tertiary/aromatic N) is 3. The molecule has 1 aliphatic rings. The first-order chi connectivity index (χ1) is 9.71. The molecule has 1 aromatic rings. The number of hydrazine groups is 1. The van der Waals surface area contributed by atoms with Crippen molar-refractivity contribution in [2.45, 2.75) is 52.0 Å². The molecule has 4 N–H and O–H groups in total. The van der Waals surface area contributed by atoms with Crippen LogP contribution in [-0.4, -0.2) is 34.3 Å². The molecule has 0 aromatic carbocycles. The zero-order chi connectivity index (χ0) is 14.5. The Balaban J connectivity index is 2.40. The van der Waals surface area contributed by atoms with Crippen LogP contribution in [0.4, 0.5) is 11.6 Å². The molecule has 1 aliphatic carbocycles. The highest BCUT2D eigenvalue weighted by atomic mass is 16.3. The summed E-state index contributed by atoms with van der Waals surface area (Å²) in [7, 11) is 0. The van der Waals surface area contributed by atoms with Gasteiger partial charge in [-0.25, -0.2) is 15.8 Å². The van der Waals surface area contributed by atoms with Gasteiger partial charge in [0.2, 0.25) is 0 Å². The van der Waals surface area contributed by atoms with Gasteiger partial charge < -0.3 is 15.4 Å². The molecule has 2 rings (SSSR count). The predicted molar refractivity (Wildman–Crippen MR) is 80.6 cm³/mol. The summed E-state index contributed by atoms with van der Waals surface area (Å²) in [5.74, 6) is 7.92. The summed E-state index contributed by atoms with van der Waals surface area (Å²) in [5, 5.41) is 9.38. The number of hydrogen-bond donors (Lipinski definition) is 3. The Bertz CT molecular complexity index is 445. The molecule has 112 valence electrons. The van der Waals surface area contributed by atoms with Gasteiger partial charge in [0.15, 0.2) is 0 Å². The van der Waals surface area contributed by atoms with Gasteiger partial charge in [-0.05, 0) is 19.8 Å². The second-order valence-corrected chi connectivity index (χ2v) is 5.29. The number of anilines is 2. The lowest BCUT2D eigenvalue weighted by Gasteiger charge is -2.31. The van der Waals surface area contributed by atoms with Gasteiger partial charge in [-0.1, -0.05) is 19.8 Å². The quantitative estimate of drug-likeness (QED) is 0.538. The van der Waals surface area contributed by atoms with Crippen LogP contribution in [0.5, 0.6) is 0 Å². The number of rotatable bonds is 6. The van der Waals surface area contributed by atoms with E-state index in [1.807, 2.05) is 13.8 Å². The number of aliphatic hydroxyl groups excluding tert-OH is 1. The Morgan fingerprint density at radius 1 is 1.35 bits per heavy atom. The van der Waals surface area contributed by atoms with E-state index in [0.717, 1.165) is 36.5 Å². The van der Waals surface area contributed by atoms with Crippen molar-refractivity contribution >= 4 is 11.6 Å². The molecule has 0 bridgehead atoms. The Morgan fingerprint density at radius 3 is 2.60 bits per heavy atom. The summed E-state index contributed by atoms with van der Waals surface area (Å²) < 4.78 is 0. The van der Waals surface area contributed by atoms with Crippen LogP contribution in [0.2, 0.25) is 0 Å². The minimum Gasteiger partial charge on any atom is -0.395 e. The number of aliphatic hydroxyl groups is 1. The average molecular weight is 279 g/mol. The van der Waals surface area contributed by atoms with Crippen LogP contribution in [0.15, 0.2) is 0 Å². The molecule has 0 saturated heterocycles. The molecule has 1 saturated carbocycles. The molecule has 0 unspecified atom stereocenters. The molecule has 0 spiro atoms. The highest BCUT2D eigenvalue weighted by molar-refractivity contribution is 5.58. The molecule has 1 fully saturated rings. The van der Waals surface area contributed by atoms with Crippen molar-refractivity contribution in [3.05, 3.63) is 11.4 Å². The molecular weight excluding hydrogens is 254 g/mol. The summed E-state index contributed by atoms with van der Waals surface area (Å²) >= 11 is 0. The minimum absolute atomic E-state index is 0.132. The Hall–Kier alpha value is -1.40. The van der Waals surface area contributed by atoms with Crippen molar-refractivity contribution in [1.82, 2.24) is 9.97 Å². The highest BCUT2D eigenvalue weighted by Gasteiger charge is 2.26. The largest absolute Gasteiger partial charge is 0.395 e. The summed E-state index contributed by atoms with van der Waals surface area (Å²) in [4.78, 5) is 11.3. The fraction of sp³-hybridized carbons (Fsp3) is 0.714. The van der Waals surface area contributed by atoms with Gasteiger partial charge in [-0.3, -0.25) is 0 Å². The summed E-state index contributed by atoms with van der Waals surface area (Å²) in [5.41, 5.74) is 3.61. The third-order valence-electron chi connectivity index (χ3n) is 4.00. The molecule has 1 heterocycles. The highest BCUT2D eigenvalue weighted by Crippen LogP contribution is 2.30. The molecule has 0 radical (unpaired) electrons. The van der Waals surface area contributed by atoms with Crippen molar-refractivity contribution in [1.29, 1.82) is 0 Å². The number of nitrogen functional groups attached to an aromatic ring is 1. The Labute approximate surface area is 120 Å². The van der Waals surface area contributed by atoms with E-state index in [0.29, 0.717) is 18.4 Å². The first-order valence-corrected chi connectivity index (χ1v) is 7.42. The van der Waals surface area contributed by atoms with Crippen molar-refractivity contribution < 1.29 is 5.11 Å². The monoisotopic (exact) mass is 279 g/mol. The molecule has 0 atom stereocenters. The Kier molecular flexibility index (Phi) is 5.14. The minimum atomic E-state index is 0.132. The predicted octanol–water partition coefficient (Wildman–Crippen LogP) is 1.37. The van der Waals surface area contributed by atoms with Crippen LogP contribution in [0.25, 0.3) is 0 Å². The van der Waals surface area contributed by atoms with Crippen LogP contribution < -0.4 is 16.2 Å². The van der Waals surface area contributed by atoms with Crippen LogP contribution in [0.1, 0.15) is 44.0 Å². The van der Waals surface area contributed by atoms with Crippen molar-refractivity contribution in [3.8, 4) is 0 Å². The lowest BCUT2D eigenvalue weighted by atomic mass is 10.1. The number of aromatic nitrogens is 2. The molecule has 1 aromatic heterocycles. The van der Waals surface area contributed by atoms with Gasteiger partial charge in [0, 0.05) is 24.6 Å². The number of nitrogens with two attached hydrogens (primary N) is 1. The summed E-state index contributed by atoms with van der Waals surface area (Å²) in [6, 6.07) is 0.464. The third kappa shape index (κ3) is 3.02. The van der Waals surface area contributed by atoms with Crippen LogP contribution in [-0.2, 0) is 6.42 Å². The van der Waals surface area contributed by atoms with E-state index in [1.54, 1.807) is 0 Å². The number of nitrogens with one attached hydrogen (secondary N) is 1. The van der Waals surface area contributed by atoms with Crippen LogP contribution >= 0.6 is 0 Å². The van der Waals surface area contributed by atoms with Gasteiger partial charge >= 0.3 is 0 Å². The smallest absolute Gasteiger partial charge is 0.148 e. The molecular formula is C14H25N5O. The second kappa shape index (κ2) is 6.85. The Morgan fingerprint density at radius 2 is 2.05 bits per heavy atom. The van der Waals surface area contributed by atoms with E-state index in [-0.39, 0.29) is 6.61 Å². The van der Waals surface area contributed by atoms with E-state index in [9.17, 15) is 5.11 Å². The first-order valence-electron chi connectivity index (χ1n) is 7.42. The number of aryl methyl sites for hydroxylation is 1. The summed E-state index contributed by atoms with van der Waals surface area (Å²) in [6.07, 6.45) is 5.59. The van der Waals surface area contributed by atoms with Crippen molar-refractivity contribution in [2.24, 2.45) is 5.84 Å². The molecule has 0 aliphatic heterocycles. The SMILES string of the molecule is CCc1nc(NN)c(C)c(N(CCO)C2CCCC2)n1. The lowest BCUT2D eigenvalue weighted by molar-refractivity contribution is 0.296. The maximum Gasteiger partial charge on any atom is 0.148 e. The average Bonchev–Trinajstić information content (AvgIpc) is 2.99. The maximum atomic E-state index is 9.38. The zero-order valence-electron chi connectivity index (χ0n) is 12.4. The van der Waals surface area contributed by atoms with Gasteiger partial charge in [0.25, 0.3) is 0 Å². The topological polar surface area (TPSA) is 87.3 Å². The van der Waals surface area contributed by atoms with Crippen LogP contribution in [0, 0.1) is 6.92 Å². The fourth-order valence-corrected chi connectivity index (χ4v) is 2.91. The van der Waals surface area contributed by atoms with Crippen molar-refractivity contribution in [2.75, 3.05) is 23.5 Å². The van der Waals surface area contributed by atoms with Gasteiger partial charge in [-0.2, -0.15) is 0 Å². The number of hydrogen-bond acceptors (Lipinski definition) is 6. The molecule has 6 heteroatoms. The first kappa shape index (κ1) is 15.0. The fourth-order valence-electron chi connectivity index (χ4n) is 2.91. The molecule has 6 nitrogen and oxygen atoms in total. The third-order valence-corrected chi connectivity index (χ3v) is 4.00. The van der Waals surface area contributed by atoms with Crippen molar-refractivity contribution in [3.63, 3.8) is 0 Å². The molecule has 20 heavy (non-hydrogen) atoms. The van der Waals surface area contributed by atoms with E-state index < -0.39 is 0 Å². The van der Waals surface area contributed by atoms with E-state index >= 15 is 0 Å². The van der Waals surface area contributed by atoms with E-state index in [4.69, 9.17) is 5.84 Å². The zero-order valence-corrected chi connectivity index (χ0v) is 12.4. The molecule has 0 amide bonds. The van der Waals surface area contributed by atoms with Gasteiger partial charge in [0.1, 0.15) is 17.5 Å². The normalized spacial score (nSPS) is 15.6.